The van der Waals surface area contributed by atoms with Crippen LogP contribution in [0.5, 0.6) is 0 Å². The second-order valence-electron chi connectivity index (χ2n) is 9.25. The van der Waals surface area contributed by atoms with Crippen molar-refractivity contribution in [3.05, 3.63) is 10.4 Å². The first kappa shape index (κ1) is 29.1. The number of likely N-dealkylation sites (N-methyl/N-ethyl adjacent to an activating group) is 1. The highest BCUT2D eigenvalue weighted by molar-refractivity contribution is 7.85. The average Bonchev–Trinajstić information content (AvgIpc) is 2.57. The molecule has 0 bridgehead atoms. The van der Waals surface area contributed by atoms with Crippen LogP contribution in [-0.4, -0.2) is 81.0 Å². The number of ether oxygens (including phenoxy) is 1. The van der Waals surface area contributed by atoms with E-state index >= 15 is 0 Å². The Kier molecular flexibility index (Phi) is 12.7. The Hall–Kier alpha value is -1.88. The normalized spacial score (nSPS) is 13.2. The maximum absolute atomic E-state index is 12.7. The molecule has 0 radical (unpaired) electrons. The number of rotatable bonds is 15. The molecule has 0 unspecified atom stereocenters. The molecule has 2 N–H and O–H groups in total. The second-order valence-corrected chi connectivity index (χ2v) is 10.8. The van der Waals surface area contributed by atoms with E-state index in [4.69, 9.17) is 14.8 Å². The standard InChI is InChI=1S/C19H37N5O6S/c1-19(2,3)30-17(25)15-16(9-6-7-10-22-23-20)18(26)21-11-13-24(4,5)12-8-14-31(27,28)29/h16H,6-15H2,1-5H3,(H-,21,26,27,28,29)/p+1/t16-/m1/s1. The van der Waals surface area contributed by atoms with Crippen LogP contribution in [0.3, 0.4) is 0 Å². The summed E-state index contributed by atoms with van der Waals surface area (Å²) in [7, 11) is -0.168. The van der Waals surface area contributed by atoms with Gasteiger partial charge in [-0.15, -0.1) is 0 Å². The van der Waals surface area contributed by atoms with Gasteiger partial charge in [-0.25, -0.2) is 0 Å². The van der Waals surface area contributed by atoms with Crippen molar-refractivity contribution in [1.29, 1.82) is 0 Å². The molecule has 0 fully saturated rings. The van der Waals surface area contributed by atoms with Crippen LogP contribution >= 0.6 is 0 Å². The minimum Gasteiger partial charge on any atom is -0.460 e. The van der Waals surface area contributed by atoms with E-state index in [2.05, 4.69) is 15.3 Å². The number of azide groups is 1. The number of nitrogens with one attached hydrogen (secondary N) is 1. The molecule has 31 heavy (non-hydrogen) atoms. The average molecular weight is 465 g/mol. The highest BCUT2D eigenvalue weighted by atomic mass is 32.2. The fourth-order valence-corrected chi connectivity index (χ4v) is 3.43. The third-order valence-corrected chi connectivity index (χ3v) is 5.31. The van der Waals surface area contributed by atoms with Gasteiger partial charge in [0.2, 0.25) is 5.91 Å². The van der Waals surface area contributed by atoms with E-state index in [1.807, 2.05) is 14.1 Å². The summed E-state index contributed by atoms with van der Waals surface area (Å²) in [5, 5.41) is 6.33. The Balaban J connectivity index is 4.71. The molecule has 0 aliphatic carbocycles. The summed E-state index contributed by atoms with van der Waals surface area (Å²) in [6.45, 7) is 7.09. The monoisotopic (exact) mass is 464 g/mol. The topological polar surface area (TPSA) is 159 Å². The van der Waals surface area contributed by atoms with E-state index in [1.165, 1.54) is 0 Å². The van der Waals surface area contributed by atoms with Crippen molar-refractivity contribution >= 4 is 22.0 Å². The van der Waals surface area contributed by atoms with Gasteiger partial charge in [-0.2, -0.15) is 8.42 Å². The molecule has 0 aliphatic heterocycles. The highest BCUT2D eigenvalue weighted by Crippen LogP contribution is 2.17. The van der Waals surface area contributed by atoms with Crippen molar-refractivity contribution in [1.82, 2.24) is 5.32 Å². The Labute approximate surface area is 185 Å². The van der Waals surface area contributed by atoms with Crippen LogP contribution < -0.4 is 5.32 Å². The smallest absolute Gasteiger partial charge is 0.307 e. The SMILES string of the molecule is CC(C)(C)OC(=O)C[C@@H](CCCCN=[N+]=[N-])C(=O)NCC[N+](C)(C)CCCS(=O)(=O)O. The fourth-order valence-electron chi connectivity index (χ4n) is 2.94. The molecule has 1 amide bonds. The summed E-state index contributed by atoms with van der Waals surface area (Å²) in [4.78, 5) is 27.6. The molecule has 0 saturated heterocycles. The number of hydrogen-bond acceptors (Lipinski definition) is 6. The number of carbonyl (C=O) groups is 2. The zero-order valence-corrected chi connectivity index (χ0v) is 20.2. The van der Waals surface area contributed by atoms with Gasteiger partial charge in [-0.1, -0.05) is 11.5 Å². The zero-order chi connectivity index (χ0) is 24.1. The maximum atomic E-state index is 12.7. The summed E-state index contributed by atoms with van der Waals surface area (Å²) in [6, 6.07) is 0. The van der Waals surface area contributed by atoms with Crippen LogP contribution in [0.1, 0.15) is 52.9 Å². The molecule has 0 aromatic heterocycles. The minimum absolute atomic E-state index is 0.0305. The Morgan fingerprint density at radius 2 is 1.84 bits per heavy atom. The van der Waals surface area contributed by atoms with Gasteiger partial charge in [0.05, 0.1) is 45.9 Å². The molecule has 0 rings (SSSR count). The zero-order valence-electron chi connectivity index (χ0n) is 19.3. The molecular weight excluding hydrogens is 426 g/mol. The number of carbonyl (C=O) groups excluding carboxylic acids is 2. The van der Waals surface area contributed by atoms with Crippen LogP contribution in [0.15, 0.2) is 5.11 Å². The van der Waals surface area contributed by atoms with Crippen molar-refractivity contribution < 1.29 is 31.8 Å². The van der Waals surface area contributed by atoms with E-state index in [1.54, 1.807) is 20.8 Å². The first-order valence-electron chi connectivity index (χ1n) is 10.4. The fraction of sp³-hybridized carbons (Fsp3) is 0.895. The minimum atomic E-state index is -3.98. The molecule has 0 saturated carbocycles. The van der Waals surface area contributed by atoms with Crippen molar-refractivity contribution in [3.63, 3.8) is 0 Å². The first-order chi connectivity index (χ1) is 14.2. The molecule has 0 aromatic carbocycles. The predicted octanol–water partition coefficient (Wildman–Crippen LogP) is 2.29. The van der Waals surface area contributed by atoms with E-state index < -0.39 is 27.6 Å². The molecule has 12 heteroatoms. The number of hydrogen-bond donors (Lipinski definition) is 2. The summed E-state index contributed by atoms with van der Waals surface area (Å²) >= 11 is 0. The molecule has 11 nitrogen and oxygen atoms in total. The molecule has 0 aromatic rings. The molecular formula is C19H38N5O6S+. The van der Waals surface area contributed by atoms with Gasteiger partial charge in [0, 0.05) is 23.8 Å². The van der Waals surface area contributed by atoms with E-state index in [9.17, 15) is 18.0 Å². The maximum Gasteiger partial charge on any atom is 0.307 e. The van der Waals surface area contributed by atoms with Crippen molar-refractivity contribution in [2.24, 2.45) is 11.0 Å². The van der Waals surface area contributed by atoms with Crippen LogP contribution in [-0.2, 0) is 24.4 Å². The van der Waals surface area contributed by atoms with E-state index in [0.717, 1.165) is 0 Å². The van der Waals surface area contributed by atoms with Crippen LogP contribution in [0.25, 0.3) is 10.4 Å². The molecule has 0 aliphatic rings. The Morgan fingerprint density at radius 1 is 1.19 bits per heavy atom. The first-order valence-corrected chi connectivity index (χ1v) is 12.0. The van der Waals surface area contributed by atoms with Gasteiger partial charge in [0.15, 0.2) is 0 Å². The summed E-state index contributed by atoms with van der Waals surface area (Å²) in [5.74, 6) is -1.53. The predicted molar refractivity (Wildman–Crippen MR) is 118 cm³/mol. The quantitative estimate of drug-likeness (QED) is 0.0719. The Morgan fingerprint density at radius 3 is 2.39 bits per heavy atom. The van der Waals surface area contributed by atoms with Crippen LogP contribution in [0.2, 0.25) is 0 Å². The third-order valence-electron chi connectivity index (χ3n) is 4.51. The summed E-state index contributed by atoms with van der Waals surface area (Å²) < 4.78 is 36.3. The number of nitrogens with zero attached hydrogens (tertiary/aromatic N) is 4. The molecule has 0 heterocycles. The lowest BCUT2D eigenvalue weighted by Crippen LogP contribution is -2.47. The van der Waals surface area contributed by atoms with Gasteiger partial charge >= 0.3 is 5.97 Å². The van der Waals surface area contributed by atoms with E-state index in [0.29, 0.717) is 56.3 Å². The number of quaternary nitrogens is 1. The van der Waals surface area contributed by atoms with Gasteiger partial charge in [0.25, 0.3) is 10.1 Å². The summed E-state index contributed by atoms with van der Waals surface area (Å²) in [5.41, 5.74) is 7.70. The number of esters is 1. The van der Waals surface area contributed by atoms with Gasteiger partial charge in [-0.05, 0) is 39.1 Å². The lowest BCUT2D eigenvalue weighted by molar-refractivity contribution is -0.889. The third kappa shape index (κ3) is 17.5. The van der Waals surface area contributed by atoms with Gasteiger partial charge in [0.1, 0.15) is 5.60 Å². The van der Waals surface area contributed by atoms with Crippen LogP contribution in [0.4, 0.5) is 0 Å². The van der Waals surface area contributed by atoms with Gasteiger partial charge < -0.3 is 14.5 Å². The highest BCUT2D eigenvalue weighted by Gasteiger charge is 2.26. The van der Waals surface area contributed by atoms with Crippen molar-refractivity contribution in [2.45, 2.75) is 58.5 Å². The second kappa shape index (κ2) is 13.5. The van der Waals surface area contributed by atoms with Crippen LogP contribution in [0, 0.1) is 5.92 Å². The van der Waals surface area contributed by atoms with Crippen molar-refractivity contribution in [2.75, 3.05) is 46.0 Å². The largest absolute Gasteiger partial charge is 0.460 e. The number of amides is 1. The molecule has 1 atom stereocenters. The lowest BCUT2D eigenvalue weighted by Gasteiger charge is -2.30. The van der Waals surface area contributed by atoms with Gasteiger partial charge in [-0.3, -0.25) is 14.1 Å². The molecule has 180 valence electrons. The van der Waals surface area contributed by atoms with Crippen molar-refractivity contribution in [3.8, 4) is 0 Å². The Bertz CT molecular complexity index is 727. The molecule has 0 spiro atoms. The lowest BCUT2D eigenvalue weighted by atomic mass is 9.97. The summed E-state index contributed by atoms with van der Waals surface area (Å²) in [6.07, 6.45) is 2.01. The van der Waals surface area contributed by atoms with E-state index in [-0.39, 0.29) is 18.1 Å². The number of unbranched alkanes of at least 4 members (excludes halogenated alkanes) is 1.